The molecular weight excluding hydrogens is 513 g/mol. The van der Waals surface area contributed by atoms with Gasteiger partial charge < -0.3 is 15.0 Å². The topological polar surface area (TPSA) is 81.4 Å². The Labute approximate surface area is 214 Å². The number of halogens is 5. The molecule has 1 fully saturated rings. The largest absolute Gasteiger partial charge is 0.486 e. The van der Waals surface area contributed by atoms with Gasteiger partial charge in [-0.15, -0.1) is 0 Å². The maximum absolute atomic E-state index is 14.8. The van der Waals surface area contributed by atoms with E-state index < -0.39 is 46.9 Å². The van der Waals surface area contributed by atoms with E-state index in [0.29, 0.717) is 6.54 Å². The van der Waals surface area contributed by atoms with Gasteiger partial charge in [-0.25, -0.2) is 26.6 Å². The fourth-order valence-corrected chi connectivity index (χ4v) is 4.34. The first-order chi connectivity index (χ1) is 17.9. The van der Waals surface area contributed by atoms with Crippen molar-refractivity contribution in [1.29, 1.82) is 0 Å². The van der Waals surface area contributed by atoms with Crippen molar-refractivity contribution in [2.45, 2.75) is 44.2 Å². The Morgan fingerprint density at radius 1 is 1.13 bits per heavy atom. The monoisotopic (exact) mass is 541 g/mol. The van der Waals surface area contributed by atoms with Gasteiger partial charge in [-0.05, 0) is 33.9 Å². The second kappa shape index (κ2) is 10.4. The summed E-state index contributed by atoms with van der Waals surface area (Å²) in [5.41, 5.74) is -4.17. The Morgan fingerprint density at radius 2 is 1.79 bits per heavy atom. The van der Waals surface area contributed by atoms with E-state index in [0.717, 1.165) is 21.5 Å². The molecule has 0 spiro atoms. The van der Waals surface area contributed by atoms with Crippen molar-refractivity contribution in [3.8, 4) is 5.75 Å². The molecule has 1 aliphatic rings. The first kappa shape index (κ1) is 27.6. The third-order valence-electron chi connectivity index (χ3n) is 6.73. The Balaban J connectivity index is 1.91. The molecule has 38 heavy (non-hydrogen) atoms. The van der Waals surface area contributed by atoms with E-state index in [2.05, 4.69) is 10.4 Å². The molecule has 1 unspecified atom stereocenters. The van der Waals surface area contributed by atoms with Crippen LogP contribution in [0.25, 0.3) is 10.8 Å². The van der Waals surface area contributed by atoms with E-state index in [4.69, 9.17) is 4.74 Å². The van der Waals surface area contributed by atoms with Crippen molar-refractivity contribution in [3.63, 3.8) is 0 Å². The lowest BCUT2D eigenvalue weighted by Crippen LogP contribution is -2.37. The number of aryl methyl sites for hydroxylation is 1. The van der Waals surface area contributed by atoms with Crippen molar-refractivity contribution in [3.05, 3.63) is 62.0 Å². The molecule has 0 amide bonds. The van der Waals surface area contributed by atoms with E-state index in [-0.39, 0.29) is 47.4 Å². The average Bonchev–Trinajstić information content (AvgIpc) is 3.65. The van der Waals surface area contributed by atoms with Gasteiger partial charge in [-0.3, -0.25) is 14.2 Å². The van der Waals surface area contributed by atoms with Gasteiger partial charge in [0.2, 0.25) is 0 Å². The third kappa shape index (κ3) is 4.86. The number of aromatic nitrogens is 3. The summed E-state index contributed by atoms with van der Waals surface area (Å²) >= 11 is 0. The van der Waals surface area contributed by atoms with Gasteiger partial charge >= 0.3 is 0 Å². The zero-order chi connectivity index (χ0) is 27.9. The number of likely N-dealkylation sites (N-methyl/N-ethyl adjacent to an activating group) is 1. The lowest BCUT2D eigenvalue weighted by molar-refractivity contribution is 0.0648. The number of fused-ring (bicyclic) bond motifs is 1. The van der Waals surface area contributed by atoms with Crippen LogP contribution < -0.4 is 21.2 Å². The summed E-state index contributed by atoms with van der Waals surface area (Å²) in [7, 11) is 4.87. The summed E-state index contributed by atoms with van der Waals surface area (Å²) in [4.78, 5) is 28.3. The van der Waals surface area contributed by atoms with Crippen LogP contribution in [0.4, 0.5) is 27.8 Å². The Morgan fingerprint density at radius 3 is 2.37 bits per heavy atom. The highest BCUT2D eigenvalue weighted by atomic mass is 19.3. The van der Waals surface area contributed by atoms with Gasteiger partial charge in [0.25, 0.3) is 24.0 Å². The first-order valence-electron chi connectivity index (χ1n) is 11.9. The van der Waals surface area contributed by atoms with Crippen LogP contribution in [0.1, 0.15) is 43.4 Å². The quantitative estimate of drug-likeness (QED) is 0.391. The van der Waals surface area contributed by atoms with Gasteiger partial charge in [-0.2, -0.15) is 5.10 Å². The maximum atomic E-state index is 14.8. The third-order valence-corrected chi connectivity index (χ3v) is 6.73. The van der Waals surface area contributed by atoms with E-state index in [1.165, 1.54) is 26.1 Å². The van der Waals surface area contributed by atoms with Gasteiger partial charge in [-0.1, -0.05) is 18.2 Å². The highest BCUT2D eigenvalue weighted by Crippen LogP contribution is 2.48. The number of hydrogen-bond acceptors (Lipinski definition) is 6. The molecule has 3 aromatic rings. The minimum absolute atomic E-state index is 0.000689. The van der Waals surface area contributed by atoms with E-state index in [9.17, 15) is 31.5 Å². The maximum Gasteiger partial charge on any atom is 0.294 e. The number of anilines is 1. The Kier molecular flexibility index (Phi) is 7.51. The molecule has 1 N–H and O–H groups in total. The fraction of sp³-hybridized carbons (Fsp3) is 0.480. The number of hydrogen-bond donors (Lipinski definition) is 1. The number of benzene rings is 1. The lowest BCUT2D eigenvalue weighted by Gasteiger charge is -2.23. The van der Waals surface area contributed by atoms with Crippen LogP contribution in [-0.4, -0.2) is 52.9 Å². The van der Waals surface area contributed by atoms with Crippen LogP contribution in [0.15, 0.2) is 34.0 Å². The highest BCUT2D eigenvalue weighted by molar-refractivity contribution is 5.94. The second-order valence-corrected chi connectivity index (χ2v) is 9.67. The zero-order valence-electron chi connectivity index (χ0n) is 21.3. The number of ether oxygens (including phenoxy) is 1. The summed E-state index contributed by atoms with van der Waals surface area (Å²) < 4.78 is 76.9. The van der Waals surface area contributed by atoms with Crippen molar-refractivity contribution in [2.24, 2.45) is 7.05 Å². The lowest BCUT2D eigenvalue weighted by atomic mass is 10.0. The molecule has 0 bridgehead atoms. The normalized spacial score (nSPS) is 15.5. The van der Waals surface area contributed by atoms with Crippen LogP contribution >= 0.6 is 0 Å². The van der Waals surface area contributed by atoms with E-state index >= 15 is 0 Å². The number of pyridine rings is 1. The minimum Gasteiger partial charge on any atom is -0.486 e. The molecule has 4 rings (SSSR count). The molecular formula is C25H28F5N5O3. The van der Waals surface area contributed by atoms with Gasteiger partial charge in [0.1, 0.15) is 23.3 Å². The summed E-state index contributed by atoms with van der Waals surface area (Å²) in [5.74, 6) is -1.52. The van der Waals surface area contributed by atoms with Crippen LogP contribution in [0.2, 0.25) is 0 Å². The molecule has 0 aliphatic heterocycles. The number of rotatable bonds is 10. The van der Waals surface area contributed by atoms with Crippen molar-refractivity contribution in [2.75, 3.05) is 32.6 Å². The molecule has 1 aromatic carbocycles. The smallest absolute Gasteiger partial charge is 0.294 e. The predicted molar refractivity (Wildman–Crippen MR) is 132 cm³/mol. The van der Waals surface area contributed by atoms with E-state index in [1.54, 1.807) is 19.0 Å². The van der Waals surface area contributed by atoms with Crippen molar-refractivity contribution < 1.29 is 26.7 Å². The molecule has 13 heteroatoms. The molecule has 1 atom stereocenters. The van der Waals surface area contributed by atoms with Gasteiger partial charge in [0.05, 0.1) is 17.0 Å². The van der Waals surface area contributed by atoms with Crippen LogP contribution in [0.5, 0.6) is 5.75 Å². The van der Waals surface area contributed by atoms with Crippen molar-refractivity contribution in [1.82, 2.24) is 19.2 Å². The van der Waals surface area contributed by atoms with Gasteiger partial charge in [0.15, 0.2) is 11.6 Å². The summed E-state index contributed by atoms with van der Waals surface area (Å²) in [5, 5.41) is 6.91. The first-order valence-corrected chi connectivity index (χ1v) is 11.9. The second-order valence-electron chi connectivity index (χ2n) is 9.67. The number of alkyl halides is 4. The Hall–Kier alpha value is -3.48. The van der Waals surface area contributed by atoms with Crippen LogP contribution in [0.3, 0.4) is 0 Å². The molecule has 2 heterocycles. The summed E-state index contributed by atoms with van der Waals surface area (Å²) in [6, 6.07) is 2.67. The van der Waals surface area contributed by atoms with Crippen LogP contribution in [0, 0.1) is 5.82 Å². The standard InChI is InChI=1S/C25H28F5N5O3/c1-13(14-6-5-7-15(18(14)26)20(27)28)31-21-16-12-35(25(8-9-25)24(29)30)23(37)19(38-11-10-33(2)3)17(16)22(36)34(4)32-21/h5-7,12-13,20,24H,8-11H2,1-4H3,(H,31,32). The molecule has 8 nitrogen and oxygen atoms in total. The number of nitrogens with zero attached hydrogens (tertiary/aromatic N) is 4. The highest BCUT2D eigenvalue weighted by Gasteiger charge is 2.54. The molecule has 1 aliphatic carbocycles. The fourth-order valence-electron chi connectivity index (χ4n) is 4.34. The molecule has 1 saturated carbocycles. The molecule has 206 valence electrons. The van der Waals surface area contributed by atoms with Gasteiger partial charge in [0, 0.05) is 25.4 Å². The zero-order valence-corrected chi connectivity index (χ0v) is 21.3. The minimum atomic E-state index is -3.03. The number of nitrogens with one attached hydrogen (secondary N) is 1. The SMILES string of the molecule is CC(Nc1nn(C)c(=O)c2c(OCCN(C)C)c(=O)n(C3(C(F)F)CC3)cc12)c1cccc(C(F)F)c1F. The molecule has 2 aromatic heterocycles. The summed E-state index contributed by atoms with van der Waals surface area (Å²) in [6.45, 7) is 1.88. The summed E-state index contributed by atoms with van der Waals surface area (Å²) in [6.07, 6.45) is -4.63. The average molecular weight is 542 g/mol. The van der Waals surface area contributed by atoms with Crippen LogP contribution in [-0.2, 0) is 12.6 Å². The van der Waals surface area contributed by atoms with Crippen molar-refractivity contribution >= 4 is 16.6 Å². The molecule has 0 radical (unpaired) electrons. The predicted octanol–water partition coefficient (Wildman–Crippen LogP) is 4.04. The Bertz CT molecular complexity index is 1470. The van der Waals surface area contributed by atoms with E-state index in [1.807, 2.05) is 0 Å². The molecule has 0 saturated heterocycles.